The third kappa shape index (κ3) is 5.09. The van der Waals surface area contributed by atoms with Crippen LogP contribution in [0.1, 0.15) is 26.3 Å². The molecule has 0 aliphatic carbocycles. The van der Waals surface area contributed by atoms with E-state index >= 15 is 0 Å². The Morgan fingerprint density at radius 3 is 2.25 bits per heavy atom. The van der Waals surface area contributed by atoms with E-state index in [4.69, 9.17) is 0 Å². The molecule has 20 heavy (non-hydrogen) atoms. The zero-order chi connectivity index (χ0) is 15.1. The predicted octanol–water partition coefficient (Wildman–Crippen LogP) is 3.30. The van der Waals surface area contributed by atoms with E-state index in [1.807, 2.05) is 24.3 Å². The van der Waals surface area contributed by atoms with Gasteiger partial charge in [0.25, 0.3) is 0 Å². The number of aryl methyl sites for hydroxylation is 1. The lowest BCUT2D eigenvalue weighted by molar-refractivity contribution is -0.114. The van der Waals surface area contributed by atoms with E-state index in [9.17, 15) is 14.7 Å². The second-order valence-electron chi connectivity index (χ2n) is 4.36. The number of nitrogens with one attached hydrogen (secondary N) is 1. The molecule has 0 aliphatic heterocycles. The van der Waals surface area contributed by atoms with Crippen LogP contribution in [0.2, 0.25) is 0 Å². The van der Waals surface area contributed by atoms with Gasteiger partial charge in [-0.1, -0.05) is 19.1 Å². The molecule has 0 aromatic heterocycles. The van der Waals surface area contributed by atoms with Gasteiger partial charge in [0.1, 0.15) is 5.76 Å². The summed E-state index contributed by atoms with van der Waals surface area (Å²) >= 11 is 1.04. The molecule has 1 amide bonds. The molecule has 0 heterocycles. The highest BCUT2D eigenvalue weighted by atomic mass is 32.2. The molecule has 2 N–H and O–H groups in total. The number of allylic oxidation sites excluding steroid dienone is 2. The fourth-order valence-electron chi connectivity index (χ4n) is 1.62. The summed E-state index contributed by atoms with van der Waals surface area (Å²) in [5.74, 6) is -0.417. The van der Waals surface area contributed by atoms with Gasteiger partial charge in [0, 0.05) is 5.69 Å². The molecule has 0 spiro atoms. The van der Waals surface area contributed by atoms with Crippen molar-refractivity contribution < 1.29 is 14.7 Å². The number of rotatable bonds is 6. The normalized spacial score (nSPS) is 11.8. The first-order valence-electron chi connectivity index (χ1n) is 6.36. The number of aliphatic hydroxyl groups excluding tert-OH is 1. The van der Waals surface area contributed by atoms with E-state index in [-0.39, 0.29) is 28.1 Å². The molecule has 0 unspecified atom stereocenters. The van der Waals surface area contributed by atoms with Crippen molar-refractivity contribution in [1.82, 2.24) is 0 Å². The maximum absolute atomic E-state index is 11.8. The minimum absolute atomic E-state index is 0.0531. The number of carbonyl (C=O) groups excluding carboxylic acids is 2. The number of ketones is 1. The molecule has 1 aromatic rings. The zero-order valence-electron chi connectivity index (χ0n) is 11.9. The number of carbonyl (C=O) groups is 2. The van der Waals surface area contributed by atoms with Crippen LogP contribution in [0.15, 0.2) is 34.9 Å². The van der Waals surface area contributed by atoms with Gasteiger partial charge in [-0.05, 0) is 38.0 Å². The fourth-order valence-corrected chi connectivity index (χ4v) is 2.38. The highest BCUT2D eigenvalue weighted by molar-refractivity contribution is 8.04. The monoisotopic (exact) mass is 293 g/mol. The number of aliphatic hydroxyl groups is 1. The third-order valence-corrected chi connectivity index (χ3v) is 3.92. The van der Waals surface area contributed by atoms with Crippen LogP contribution in [-0.2, 0) is 16.0 Å². The lowest BCUT2D eigenvalue weighted by atomic mass is 10.1. The Morgan fingerprint density at radius 1 is 1.20 bits per heavy atom. The molecule has 5 heteroatoms. The molecule has 4 nitrogen and oxygen atoms in total. The lowest BCUT2D eigenvalue weighted by Crippen LogP contribution is -2.15. The Hall–Kier alpha value is -1.75. The number of anilines is 1. The lowest BCUT2D eigenvalue weighted by Gasteiger charge is -2.07. The van der Waals surface area contributed by atoms with Gasteiger partial charge in [0.05, 0.1) is 10.7 Å². The second-order valence-corrected chi connectivity index (χ2v) is 5.34. The molecular formula is C15H19NO3S. The SMILES string of the molecule is CCc1ccc(NC(=O)CS/C(C(C)=O)=C(\C)O)cc1. The highest BCUT2D eigenvalue weighted by Gasteiger charge is 2.11. The van der Waals surface area contributed by atoms with E-state index in [0.717, 1.165) is 23.9 Å². The van der Waals surface area contributed by atoms with Crippen molar-refractivity contribution in [1.29, 1.82) is 0 Å². The first-order chi connectivity index (χ1) is 9.43. The van der Waals surface area contributed by atoms with Gasteiger partial charge in [0.15, 0.2) is 5.78 Å². The van der Waals surface area contributed by atoms with Gasteiger partial charge in [-0.3, -0.25) is 9.59 Å². The third-order valence-electron chi connectivity index (χ3n) is 2.64. The summed E-state index contributed by atoms with van der Waals surface area (Å²) < 4.78 is 0. The molecular weight excluding hydrogens is 274 g/mol. The van der Waals surface area contributed by atoms with Crippen LogP contribution in [0.4, 0.5) is 5.69 Å². The van der Waals surface area contributed by atoms with E-state index in [2.05, 4.69) is 12.2 Å². The Balaban J connectivity index is 2.55. The van der Waals surface area contributed by atoms with Gasteiger partial charge < -0.3 is 10.4 Å². The van der Waals surface area contributed by atoms with Crippen LogP contribution in [0.25, 0.3) is 0 Å². The summed E-state index contributed by atoms with van der Waals surface area (Å²) in [6.07, 6.45) is 0.951. The van der Waals surface area contributed by atoms with Gasteiger partial charge in [-0.2, -0.15) is 0 Å². The molecule has 0 atom stereocenters. The van der Waals surface area contributed by atoms with Crippen LogP contribution in [0.3, 0.4) is 0 Å². The maximum Gasteiger partial charge on any atom is 0.234 e. The van der Waals surface area contributed by atoms with Gasteiger partial charge >= 0.3 is 0 Å². The van der Waals surface area contributed by atoms with Crippen LogP contribution < -0.4 is 5.32 Å². The molecule has 0 saturated carbocycles. The van der Waals surface area contributed by atoms with Crippen molar-refractivity contribution in [2.24, 2.45) is 0 Å². The number of thioether (sulfide) groups is 1. The Bertz CT molecular complexity index is 516. The topological polar surface area (TPSA) is 66.4 Å². The first kappa shape index (κ1) is 16.3. The first-order valence-corrected chi connectivity index (χ1v) is 7.35. The van der Waals surface area contributed by atoms with Crippen molar-refractivity contribution in [2.75, 3.05) is 11.1 Å². The number of benzene rings is 1. The average molecular weight is 293 g/mol. The van der Waals surface area contributed by atoms with E-state index in [1.165, 1.54) is 19.4 Å². The predicted molar refractivity (Wildman–Crippen MR) is 82.9 cm³/mol. The molecule has 1 aromatic carbocycles. The number of hydrogen-bond donors (Lipinski definition) is 2. The van der Waals surface area contributed by atoms with Crippen LogP contribution >= 0.6 is 11.8 Å². The summed E-state index contributed by atoms with van der Waals surface area (Å²) in [5, 5.41) is 12.1. The molecule has 0 radical (unpaired) electrons. The summed E-state index contributed by atoms with van der Waals surface area (Å²) in [4.78, 5) is 23.2. The number of Topliss-reactive ketones (excluding diaryl/α,β-unsaturated/α-hetero) is 1. The molecule has 108 valence electrons. The maximum atomic E-state index is 11.8. The molecule has 0 saturated heterocycles. The smallest absolute Gasteiger partial charge is 0.234 e. The van der Waals surface area contributed by atoms with Crippen molar-refractivity contribution in [3.05, 3.63) is 40.5 Å². The average Bonchev–Trinajstić information content (AvgIpc) is 2.39. The largest absolute Gasteiger partial charge is 0.511 e. The van der Waals surface area contributed by atoms with Gasteiger partial charge in [-0.15, -0.1) is 11.8 Å². The van der Waals surface area contributed by atoms with Crippen LogP contribution in [-0.4, -0.2) is 22.5 Å². The van der Waals surface area contributed by atoms with E-state index < -0.39 is 0 Å². The summed E-state index contributed by atoms with van der Waals surface area (Å²) in [6, 6.07) is 7.61. The minimum Gasteiger partial charge on any atom is -0.511 e. The Morgan fingerprint density at radius 2 is 1.80 bits per heavy atom. The number of hydrogen-bond acceptors (Lipinski definition) is 4. The molecule has 0 fully saturated rings. The summed E-state index contributed by atoms with van der Waals surface area (Å²) in [7, 11) is 0. The van der Waals surface area contributed by atoms with Crippen molar-refractivity contribution in [3.8, 4) is 0 Å². The van der Waals surface area contributed by atoms with Gasteiger partial charge in [0.2, 0.25) is 5.91 Å². The highest BCUT2D eigenvalue weighted by Crippen LogP contribution is 2.20. The number of amides is 1. The molecule has 0 aliphatic rings. The Labute approximate surface area is 123 Å². The van der Waals surface area contributed by atoms with E-state index in [0.29, 0.717) is 0 Å². The zero-order valence-corrected chi connectivity index (χ0v) is 12.7. The standard InChI is InChI=1S/C15H19NO3S/c1-4-12-5-7-13(8-6-12)16-14(19)9-20-15(10(2)17)11(3)18/h5-8,17H,4,9H2,1-3H3,(H,16,19)/b15-10+. The molecule has 0 bridgehead atoms. The Kier molecular flexibility index (Phi) is 6.31. The molecule has 1 rings (SSSR count). The van der Waals surface area contributed by atoms with E-state index in [1.54, 1.807) is 0 Å². The van der Waals surface area contributed by atoms with Gasteiger partial charge in [-0.25, -0.2) is 0 Å². The van der Waals surface area contributed by atoms with Crippen LogP contribution in [0.5, 0.6) is 0 Å². The fraction of sp³-hybridized carbons (Fsp3) is 0.333. The minimum atomic E-state index is -0.241. The van der Waals surface area contributed by atoms with Crippen LogP contribution in [0, 0.1) is 0 Å². The summed E-state index contributed by atoms with van der Waals surface area (Å²) in [6.45, 7) is 4.87. The van der Waals surface area contributed by atoms with Crippen molar-refractivity contribution >= 4 is 29.1 Å². The van der Waals surface area contributed by atoms with Crippen molar-refractivity contribution in [3.63, 3.8) is 0 Å². The quantitative estimate of drug-likeness (QED) is 0.624. The van der Waals surface area contributed by atoms with Crippen molar-refractivity contribution in [2.45, 2.75) is 27.2 Å². The second kappa shape index (κ2) is 7.75. The summed E-state index contributed by atoms with van der Waals surface area (Å²) in [5.41, 5.74) is 1.93.